The minimum Gasteiger partial charge on any atom is -0.494 e. The van der Waals surface area contributed by atoms with E-state index in [9.17, 15) is 13.6 Å². The fraction of sp³-hybridized carbons (Fsp3) is 0.500. The Bertz CT molecular complexity index is 650. The van der Waals surface area contributed by atoms with Crippen molar-refractivity contribution in [1.29, 1.82) is 5.26 Å². The Hall–Kier alpha value is -2.40. The van der Waals surface area contributed by atoms with Gasteiger partial charge in [0.1, 0.15) is 5.75 Å². The fourth-order valence-corrected chi connectivity index (χ4v) is 2.91. The van der Waals surface area contributed by atoms with Crippen molar-refractivity contribution in [3.8, 4) is 11.8 Å². The molecular formula is C16H20F2N4O2. The van der Waals surface area contributed by atoms with Crippen LogP contribution in [0.5, 0.6) is 5.75 Å². The van der Waals surface area contributed by atoms with E-state index in [0.717, 1.165) is 12.1 Å². The van der Waals surface area contributed by atoms with E-state index in [1.165, 1.54) is 7.11 Å². The average molecular weight is 338 g/mol. The maximum absolute atomic E-state index is 13.4. The monoisotopic (exact) mass is 338 g/mol. The van der Waals surface area contributed by atoms with E-state index < -0.39 is 17.7 Å². The van der Waals surface area contributed by atoms with Crippen molar-refractivity contribution >= 4 is 11.7 Å². The highest BCUT2D eigenvalue weighted by Gasteiger charge is 2.31. The van der Waals surface area contributed by atoms with Crippen LogP contribution in [0.2, 0.25) is 0 Å². The fourth-order valence-electron chi connectivity index (χ4n) is 2.91. The molecule has 1 aromatic rings. The summed E-state index contributed by atoms with van der Waals surface area (Å²) in [5.74, 6) is -2.06. The number of hydrogen-bond acceptors (Lipinski definition) is 4. The van der Waals surface area contributed by atoms with Crippen LogP contribution in [0.15, 0.2) is 12.1 Å². The predicted octanol–water partition coefficient (Wildman–Crippen LogP) is 2.42. The summed E-state index contributed by atoms with van der Waals surface area (Å²) >= 11 is 0. The van der Waals surface area contributed by atoms with Gasteiger partial charge in [-0.15, -0.1) is 0 Å². The van der Waals surface area contributed by atoms with Gasteiger partial charge in [-0.25, -0.2) is 13.6 Å². The van der Waals surface area contributed by atoms with Gasteiger partial charge in [-0.2, -0.15) is 5.26 Å². The quantitative estimate of drug-likeness (QED) is 0.860. The van der Waals surface area contributed by atoms with Crippen LogP contribution in [0, 0.1) is 23.0 Å². The van der Waals surface area contributed by atoms with Gasteiger partial charge in [-0.05, 0) is 13.8 Å². The number of nitrogens with zero attached hydrogens (tertiary/aromatic N) is 3. The molecule has 6 nitrogen and oxygen atoms in total. The van der Waals surface area contributed by atoms with Crippen LogP contribution in [0.3, 0.4) is 0 Å². The minimum atomic E-state index is -1.06. The van der Waals surface area contributed by atoms with Gasteiger partial charge in [0.25, 0.3) is 0 Å². The van der Waals surface area contributed by atoms with Crippen LogP contribution in [0.4, 0.5) is 19.3 Å². The zero-order valence-electron chi connectivity index (χ0n) is 13.8. The molecule has 0 saturated carbocycles. The van der Waals surface area contributed by atoms with E-state index in [-0.39, 0.29) is 23.5 Å². The molecule has 0 unspecified atom stereocenters. The molecule has 24 heavy (non-hydrogen) atoms. The minimum absolute atomic E-state index is 0.0194. The van der Waals surface area contributed by atoms with Crippen molar-refractivity contribution in [3.05, 3.63) is 23.8 Å². The summed E-state index contributed by atoms with van der Waals surface area (Å²) < 4.78 is 31.6. The Morgan fingerprint density at radius 2 is 1.92 bits per heavy atom. The Morgan fingerprint density at radius 3 is 2.46 bits per heavy atom. The van der Waals surface area contributed by atoms with E-state index in [1.54, 1.807) is 4.90 Å². The Labute approximate surface area is 139 Å². The second kappa shape index (κ2) is 7.45. The molecule has 1 fully saturated rings. The summed E-state index contributed by atoms with van der Waals surface area (Å²) in [6, 6.07) is 3.52. The second-order valence-electron chi connectivity index (χ2n) is 5.83. The molecule has 1 aliphatic heterocycles. The van der Waals surface area contributed by atoms with Gasteiger partial charge >= 0.3 is 6.03 Å². The maximum Gasteiger partial charge on any atom is 0.322 e. The van der Waals surface area contributed by atoms with E-state index >= 15 is 0 Å². The number of urea groups is 1. The lowest BCUT2D eigenvalue weighted by molar-refractivity contribution is 0.0703. The van der Waals surface area contributed by atoms with E-state index in [1.807, 2.05) is 18.7 Å². The molecule has 0 radical (unpaired) electrons. The largest absolute Gasteiger partial charge is 0.494 e. The first-order chi connectivity index (χ1) is 11.4. The predicted molar refractivity (Wildman–Crippen MR) is 84.7 cm³/mol. The van der Waals surface area contributed by atoms with Crippen LogP contribution >= 0.6 is 0 Å². The first kappa shape index (κ1) is 17.9. The van der Waals surface area contributed by atoms with E-state index in [2.05, 4.69) is 11.4 Å². The van der Waals surface area contributed by atoms with Gasteiger partial charge in [0.05, 0.1) is 25.4 Å². The maximum atomic E-state index is 13.4. The normalized spacial score (nSPS) is 21.2. The zero-order chi connectivity index (χ0) is 17.9. The van der Waals surface area contributed by atoms with E-state index in [0.29, 0.717) is 19.6 Å². The SMILES string of the molecule is COc1cc(F)c(F)cc1NC(=O)N1C[C@@H](C)N(CC#N)[C@H](C)C1. The van der Waals surface area contributed by atoms with Crippen molar-refractivity contribution in [1.82, 2.24) is 9.80 Å². The molecule has 0 aromatic heterocycles. The molecule has 0 bridgehead atoms. The highest BCUT2D eigenvalue weighted by Crippen LogP contribution is 2.28. The summed E-state index contributed by atoms with van der Waals surface area (Å²) in [6.45, 7) is 5.04. The number of carbonyl (C=O) groups is 1. The van der Waals surface area contributed by atoms with Crippen molar-refractivity contribution in [2.24, 2.45) is 0 Å². The number of nitrogens with one attached hydrogen (secondary N) is 1. The number of ether oxygens (including phenoxy) is 1. The van der Waals surface area contributed by atoms with Gasteiger partial charge in [-0.1, -0.05) is 0 Å². The first-order valence-corrected chi connectivity index (χ1v) is 7.59. The Morgan fingerprint density at radius 1 is 1.33 bits per heavy atom. The molecular weight excluding hydrogens is 318 g/mol. The molecule has 1 saturated heterocycles. The number of rotatable bonds is 3. The van der Waals surface area contributed by atoms with Crippen molar-refractivity contribution < 1.29 is 18.3 Å². The third-order valence-corrected chi connectivity index (χ3v) is 4.13. The summed E-state index contributed by atoms with van der Waals surface area (Å²) in [5.41, 5.74) is 0.0705. The molecule has 0 spiro atoms. The Kier molecular flexibility index (Phi) is 5.57. The lowest BCUT2D eigenvalue weighted by atomic mass is 10.1. The van der Waals surface area contributed by atoms with Crippen LogP contribution < -0.4 is 10.1 Å². The van der Waals surface area contributed by atoms with Crippen LogP contribution in [-0.2, 0) is 0 Å². The number of piperazine rings is 1. The van der Waals surface area contributed by atoms with Gasteiger partial charge in [0.2, 0.25) is 0 Å². The molecule has 1 aliphatic rings. The number of hydrogen-bond donors (Lipinski definition) is 1. The third-order valence-electron chi connectivity index (χ3n) is 4.13. The lowest BCUT2D eigenvalue weighted by Crippen LogP contribution is -2.58. The molecule has 1 N–H and O–H groups in total. The third kappa shape index (κ3) is 3.74. The second-order valence-corrected chi connectivity index (χ2v) is 5.83. The number of anilines is 1. The molecule has 1 heterocycles. The molecule has 2 atom stereocenters. The van der Waals surface area contributed by atoms with Crippen molar-refractivity contribution in [2.45, 2.75) is 25.9 Å². The van der Waals surface area contributed by atoms with Crippen molar-refractivity contribution in [3.63, 3.8) is 0 Å². The molecule has 1 aromatic carbocycles. The van der Waals surface area contributed by atoms with Gasteiger partial charge in [0, 0.05) is 37.3 Å². The number of nitriles is 1. The molecule has 0 aliphatic carbocycles. The molecule has 2 amide bonds. The lowest BCUT2D eigenvalue weighted by Gasteiger charge is -2.43. The summed E-state index contributed by atoms with van der Waals surface area (Å²) in [7, 11) is 1.31. The van der Waals surface area contributed by atoms with E-state index in [4.69, 9.17) is 10.00 Å². The molecule has 2 rings (SSSR count). The Balaban J connectivity index is 2.11. The van der Waals surface area contributed by atoms with Gasteiger partial charge in [0.15, 0.2) is 11.6 Å². The summed E-state index contributed by atoms with van der Waals surface area (Å²) in [6.07, 6.45) is 0. The number of benzene rings is 1. The highest BCUT2D eigenvalue weighted by atomic mass is 19.2. The average Bonchev–Trinajstić information content (AvgIpc) is 2.53. The van der Waals surface area contributed by atoms with Crippen LogP contribution in [-0.4, -0.2) is 54.7 Å². The number of amides is 2. The standard InChI is InChI=1S/C16H20F2N4O2/c1-10-8-21(9-11(2)22(10)5-4-19)16(23)20-14-6-12(17)13(18)7-15(14)24-3/h6-7,10-11H,5,8-9H2,1-3H3,(H,20,23)/t10-,11-/m1/s1. The first-order valence-electron chi connectivity index (χ1n) is 7.59. The number of carbonyl (C=O) groups excluding carboxylic acids is 1. The molecule has 130 valence electrons. The number of methoxy groups -OCH3 is 1. The number of halogens is 2. The summed E-state index contributed by atoms with van der Waals surface area (Å²) in [5, 5.41) is 11.4. The smallest absolute Gasteiger partial charge is 0.322 e. The summed E-state index contributed by atoms with van der Waals surface area (Å²) in [4.78, 5) is 16.1. The molecule has 8 heteroatoms. The highest BCUT2D eigenvalue weighted by molar-refractivity contribution is 5.91. The van der Waals surface area contributed by atoms with Gasteiger partial charge in [-0.3, -0.25) is 4.90 Å². The topological polar surface area (TPSA) is 68.6 Å². The zero-order valence-corrected chi connectivity index (χ0v) is 13.8. The van der Waals surface area contributed by atoms with Crippen molar-refractivity contribution in [2.75, 3.05) is 32.1 Å². The van der Waals surface area contributed by atoms with Gasteiger partial charge < -0.3 is 15.0 Å². The van der Waals surface area contributed by atoms with Crippen LogP contribution in [0.25, 0.3) is 0 Å². The van der Waals surface area contributed by atoms with Crippen LogP contribution in [0.1, 0.15) is 13.8 Å².